The number of primary amides is 1. The normalized spacial score (nSPS) is 16.4. The maximum atomic E-state index is 12.0. The van der Waals surface area contributed by atoms with E-state index in [1.807, 2.05) is 0 Å². The summed E-state index contributed by atoms with van der Waals surface area (Å²) in [5, 5.41) is 2.82. The van der Waals surface area contributed by atoms with Gasteiger partial charge in [0, 0.05) is 11.3 Å². The summed E-state index contributed by atoms with van der Waals surface area (Å²) < 4.78 is 0. The minimum atomic E-state index is -0.492. The average molecular weight is 275 g/mol. The number of amides is 2. The molecule has 0 unspecified atom stereocenters. The summed E-state index contributed by atoms with van der Waals surface area (Å²) in [7, 11) is 0. The van der Waals surface area contributed by atoms with Crippen LogP contribution in [-0.4, -0.2) is 36.3 Å². The number of hydrogen-bond donors (Lipinski definition) is 2. The van der Waals surface area contributed by atoms with Crippen molar-refractivity contribution >= 4 is 17.5 Å². The van der Waals surface area contributed by atoms with E-state index in [4.69, 9.17) is 5.73 Å². The van der Waals surface area contributed by atoms with Crippen molar-refractivity contribution in [1.29, 1.82) is 0 Å². The molecule has 1 aliphatic heterocycles. The largest absolute Gasteiger partial charge is 0.366 e. The molecule has 108 valence electrons. The molecule has 2 rings (SSSR count). The van der Waals surface area contributed by atoms with Gasteiger partial charge >= 0.3 is 0 Å². The first-order valence-electron chi connectivity index (χ1n) is 7.07. The van der Waals surface area contributed by atoms with E-state index in [1.165, 1.54) is 12.8 Å². The summed E-state index contributed by atoms with van der Waals surface area (Å²) in [6, 6.07) is 6.70. The van der Waals surface area contributed by atoms with Crippen molar-refractivity contribution in [3.8, 4) is 0 Å². The predicted molar refractivity (Wildman–Crippen MR) is 78.5 cm³/mol. The van der Waals surface area contributed by atoms with Gasteiger partial charge in [0.1, 0.15) is 0 Å². The number of nitrogens with two attached hydrogens (primary N) is 1. The lowest BCUT2D eigenvalue weighted by atomic mass is 10.2. The summed E-state index contributed by atoms with van der Waals surface area (Å²) in [5.41, 5.74) is 6.23. The van der Waals surface area contributed by atoms with Gasteiger partial charge in [0.15, 0.2) is 0 Å². The third-order valence-electron chi connectivity index (χ3n) is 3.50. The van der Waals surface area contributed by atoms with E-state index in [0.29, 0.717) is 17.8 Å². The van der Waals surface area contributed by atoms with Gasteiger partial charge in [-0.1, -0.05) is 18.9 Å². The first kappa shape index (κ1) is 14.5. The Bertz CT molecular complexity index is 480. The van der Waals surface area contributed by atoms with Crippen LogP contribution < -0.4 is 11.1 Å². The molecule has 1 aliphatic rings. The lowest BCUT2D eigenvalue weighted by molar-refractivity contribution is -0.117. The van der Waals surface area contributed by atoms with Gasteiger partial charge in [-0.2, -0.15) is 0 Å². The average Bonchev–Trinajstić information content (AvgIpc) is 2.67. The van der Waals surface area contributed by atoms with Gasteiger partial charge in [0.05, 0.1) is 6.54 Å². The Balaban J connectivity index is 1.90. The SMILES string of the molecule is NC(=O)c1cccc(NC(=O)CN2CCCCCC2)c1. The minimum Gasteiger partial charge on any atom is -0.366 e. The van der Waals surface area contributed by atoms with Gasteiger partial charge in [0.2, 0.25) is 11.8 Å². The third-order valence-corrected chi connectivity index (χ3v) is 3.50. The smallest absolute Gasteiger partial charge is 0.248 e. The molecule has 0 saturated carbocycles. The van der Waals surface area contributed by atoms with Crippen LogP contribution in [-0.2, 0) is 4.79 Å². The molecule has 0 aromatic heterocycles. The summed E-state index contributed by atoms with van der Waals surface area (Å²) >= 11 is 0. The van der Waals surface area contributed by atoms with E-state index in [-0.39, 0.29) is 5.91 Å². The predicted octanol–water partition coefficient (Wildman–Crippen LogP) is 1.60. The van der Waals surface area contributed by atoms with Crippen LogP contribution in [0.15, 0.2) is 24.3 Å². The highest BCUT2D eigenvalue weighted by atomic mass is 16.2. The van der Waals surface area contributed by atoms with Crippen molar-refractivity contribution < 1.29 is 9.59 Å². The Labute approximate surface area is 119 Å². The molecule has 5 nitrogen and oxygen atoms in total. The first-order valence-corrected chi connectivity index (χ1v) is 7.07. The van der Waals surface area contributed by atoms with Gasteiger partial charge in [-0.25, -0.2) is 0 Å². The van der Waals surface area contributed by atoms with Crippen molar-refractivity contribution in [2.24, 2.45) is 5.73 Å². The molecule has 1 aromatic rings. The standard InChI is InChI=1S/C15H21N3O2/c16-15(20)12-6-5-7-13(10-12)17-14(19)11-18-8-3-1-2-4-9-18/h5-7,10H,1-4,8-9,11H2,(H2,16,20)(H,17,19). The maximum Gasteiger partial charge on any atom is 0.248 e. The number of anilines is 1. The van der Waals surface area contributed by atoms with Crippen molar-refractivity contribution in [3.63, 3.8) is 0 Å². The maximum absolute atomic E-state index is 12.0. The van der Waals surface area contributed by atoms with E-state index in [2.05, 4.69) is 10.2 Å². The van der Waals surface area contributed by atoms with Crippen LogP contribution in [0, 0.1) is 0 Å². The summed E-state index contributed by atoms with van der Waals surface area (Å²) in [5.74, 6) is -0.540. The molecule has 0 spiro atoms. The van der Waals surface area contributed by atoms with Crippen LogP contribution in [0.2, 0.25) is 0 Å². The summed E-state index contributed by atoms with van der Waals surface area (Å²) in [6.45, 7) is 2.37. The summed E-state index contributed by atoms with van der Waals surface area (Å²) in [4.78, 5) is 25.3. The van der Waals surface area contributed by atoms with Gasteiger partial charge < -0.3 is 11.1 Å². The molecule has 1 aromatic carbocycles. The topological polar surface area (TPSA) is 75.4 Å². The number of rotatable bonds is 4. The van der Waals surface area contributed by atoms with Crippen LogP contribution in [0.25, 0.3) is 0 Å². The van der Waals surface area contributed by atoms with Crippen molar-refractivity contribution in [1.82, 2.24) is 4.90 Å². The van der Waals surface area contributed by atoms with Gasteiger partial charge in [-0.05, 0) is 44.1 Å². The molecule has 0 aliphatic carbocycles. The van der Waals surface area contributed by atoms with E-state index >= 15 is 0 Å². The molecule has 20 heavy (non-hydrogen) atoms. The highest BCUT2D eigenvalue weighted by Gasteiger charge is 2.13. The number of hydrogen-bond acceptors (Lipinski definition) is 3. The number of carbonyl (C=O) groups excluding carboxylic acids is 2. The molecule has 5 heteroatoms. The van der Waals surface area contributed by atoms with E-state index in [1.54, 1.807) is 24.3 Å². The summed E-state index contributed by atoms with van der Waals surface area (Å²) in [6.07, 6.45) is 4.81. The highest BCUT2D eigenvalue weighted by molar-refractivity contribution is 5.96. The van der Waals surface area contributed by atoms with E-state index in [9.17, 15) is 9.59 Å². The Hall–Kier alpha value is -1.88. The van der Waals surface area contributed by atoms with E-state index < -0.39 is 5.91 Å². The second kappa shape index (κ2) is 7.05. The molecular weight excluding hydrogens is 254 g/mol. The monoisotopic (exact) mass is 275 g/mol. The zero-order valence-electron chi connectivity index (χ0n) is 11.6. The Morgan fingerprint density at radius 3 is 2.50 bits per heavy atom. The second-order valence-electron chi connectivity index (χ2n) is 5.18. The van der Waals surface area contributed by atoms with Crippen LogP contribution in [0.1, 0.15) is 36.0 Å². The zero-order chi connectivity index (χ0) is 14.4. The molecule has 3 N–H and O–H groups in total. The molecule has 0 bridgehead atoms. The third kappa shape index (κ3) is 4.35. The molecule has 2 amide bonds. The van der Waals surface area contributed by atoms with Crippen molar-refractivity contribution in [2.75, 3.05) is 25.0 Å². The molecule has 1 fully saturated rings. The molecule has 1 saturated heterocycles. The molecule has 0 radical (unpaired) electrons. The van der Waals surface area contributed by atoms with Crippen LogP contribution in [0.5, 0.6) is 0 Å². The minimum absolute atomic E-state index is 0.0477. The van der Waals surface area contributed by atoms with Gasteiger partial charge in [-0.3, -0.25) is 14.5 Å². The number of benzene rings is 1. The first-order chi connectivity index (χ1) is 9.65. The molecule has 0 atom stereocenters. The Morgan fingerprint density at radius 2 is 1.85 bits per heavy atom. The van der Waals surface area contributed by atoms with Gasteiger partial charge in [0.25, 0.3) is 0 Å². The van der Waals surface area contributed by atoms with E-state index in [0.717, 1.165) is 25.9 Å². The van der Waals surface area contributed by atoms with Crippen molar-refractivity contribution in [3.05, 3.63) is 29.8 Å². The number of nitrogens with zero attached hydrogens (tertiary/aromatic N) is 1. The zero-order valence-corrected chi connectivity index (χ0v) is 11.6. The fourth-order valence-electron chi connectivity index (χ4n) is 2.45. The number of nitrogens with one attached hydrogen (secondary N) is 1. The lowest BCUT2D eigenvalue weighted by Crippen LogP contribution is -2.33. The number of carbonyl (C=O) groups is 2. The van der Waals surface area contributed by atoms with Gasteiger partial charge in [-0.15, -0.1) is 0 Å². The Morgan fingerprint density at radius 1 is 1.15 bits per heavy atom. The second-order valence-corrected chi connectivity index (χ2v) is 5.18. The quantitative estimate of drug-likeness (QED) is 0.876. The van der Waals surface area contributed by atoms with Crippen LogP contribution in [0.3, 0.4) is 0 Å². The number of likely N-dealkylation sites (tertiary alicyclic amines) is 1. The van der Waals surface area contributed by atoms with Crippen LogP contribution in [0.4, 0.5) is 5.69 Å². The fraction of sp³-hybridized carbons (Fsp3) is 0.467. The molecular formula is C15H21N3O2. The Kier molecular flexibility index (Phi) is 5.12. The molecule has 1 heterocycles. The fourth-order valence-corrected chi connectivity index (χ4v) is 2.45. The highest BCUT2D eigenvalue weighted by Crippen LogP contribution is 2.12. The lowest BCUT2D eigenvalue weighted by Gasteiger charge is -2.19. The van der Waals surface area contributed by atoms with Crippen molar-refractivity contribution in [2.45, 2.75) is 25.7 Å². The van der Waals surface area contributed by atoms with Crippen LogP contribution >= 0.6 is 0 Å².